The van der Waals surface area contributed by atoms with Gasteiger partial charge in [0.15, 0.2) is 0 Å². The summed E-state index contributed by atoms with van der Waals surface area (Å²) in [5, 5.41) is 1.02. The first-order chi connectivity index (χ1) is 12.1. The first-order valence-corrected chi connectivity index (χ1v) is 8.32. The topological polar surface area (TPSA) is 74.0 Å². The molecule has 1 heterocycles. The Morgan fingerprint density at radius 3 is 2.44 bits per heavy atom. The van der Waals surface area contributed by atoms with E-state index in [2.05, 4.69) is 22.8 Å². The Morgan fingerprint density at radius 2 is 1.72 bits per heavy atom. The molecule has 0 saturated heterocycles. The smallest absolute Gasteiger partial charge is 0.269 e. The van der Waals surface area contributed by atoms with Gasteiger partial charge in [0.2, 0.25) is 5.91 Å². The van der Waals surface area contributed by atoms with Gasteiger partial charge in [-0.05, 0) is 42.7 Å². The Bertz CT molecular complexity index is 910. The number of rotatable bonds is 4. The van der Waals surface area contributed by atoms with Crippen LogP contribution in [0.25, 0.3) is 10.9 Å². The summed E-state index contributed by atoms with van der Waals surface area (Å²) in [6.07, 6.45) is 1.12. The number of para-hydroxylation sites is 1. The second-order valence-corrected chi connectivity index (χ2v) is 6.00. The van der Waals surface area contributed by atoms with Gasteiger partial charge in [0, 0.05) is 22.2 Å². The predicted octanol–water partition coefficient (Wildman–Crippen LogP) is 3.04. The zero-order chi connectivity index (χ0) is 17.8. The maximum Gasteiger partial charge on any atom is 0.269 e. The van der Waals surface area contributed by atoms with E-state index >= 15 is 0 Å². The van der Waals surface area contributed by atoms with Crippen molar-refractivity contribution < 1.29 is 9.59 Å². The number of amides is 2. The number of hydrogen-bond acceptors (Lipinski definition) is 2. The van der Waals surface area contributed by atoms with Gasteiger partial charge in [-0.25, -0.2) is 0 Å². The van der Waals surface area contributed by atoms with E-state index in [1.807, 2.05) is 43.3 Å². The lowest BCUT2D eigenvalue weighted by Crippen LogP contribution is -2.42. The normalized spacial score (nSPS) is 10.6. The van der Waals surface area contributed by atoms with Crippen molar-refractivity contribution in [1.82, 2.24) is 15.8 Å². The molecule has 5 heteroatoms. The first kappa shape index (κ1) is 16.8. The van der Waals surface area contributed by atoms with Crippen molar-refractivity contribution in [2.24, 2.45) is 0 Å². The van der Waals surface area contributed by atoms with E-state index in [0.717, 1.165) is 34.1 Å². The molecule has 0 saturated carbocycles. The molecule has 128 valence electrons. The highest BCUT2D eigenvalue weighted by molar-refractivity contribution is 5.96. The average Bonchev–Trinajstić information content (AvgIpc) is 2.95. The number of carbonyl (C=O) groups is 2. The Labute approximate surface area is 146 Å². The number of aromatic nitrogens is 1. The number of hydrogen-bond donors (Lipinski definition) is 3. The van der Waals surface area contributed by atoms with Gasteiger partial charge in [-0.3, -0.25) is 20.4 Å². The van der Waals surface area contributed by atoms with Crippen LogP contribution in [0.2, 0.25) is 0 Å². The summed E-state index contributed by atoms with van der Waals surface area (Å²) < 4.78 is 0. The minimum absolute atomic E-state index is 0.199. The fourth-order valence-electron chi connectivity index (χ4n) is 2.86. The molecular weight excluding hydrogens is 314 g/mol. The van der Waals surface area contributed by atoms with Crippen molar-refractivity contribution in [3.63, 3.8) is 0 Å². The third-order valence-corrected chi connectivity index (χ3v) is 4.30. The molecule has 0 fully saturated rings. The fourth-order valence-corrected chi connectivity index (χ4v) is 2.86. The highest BCUT2D eigenvalue weighted by atomic mass is 16.2. The maximum absolute atomic E-state index is 12.2. The van der Waals surface area contributed by atoms with Crippen molar-refractivity contribution in [3.05, 3.63) is 70.9 Å². The summed E-state index contributed by atoms with van der Waals surface area (Å²) >= 11 is 0. The van der Waals surface area contributed by atoms with Crippen molar-refractivity contribution in [1.29, 1.82) is 0 Å². The number of aryl methyl sites for hydroxylation is 2. The summed E-state index contributed by atoms with van der Waals surface area (Å²) in [5.41, 5.74) is 9.53. The van der Waals surface area contributed by atoms with Gasteiger partial charge in [0.05, 0.1) is 6.42 Å². The molecular formula is C20H21N3O2. The average molecular weight is 335 g/mol. The Hall–Kier alpha value is -3.08. The third-order valence-electron chi connectivity index (χ3n) is 4.30. The van der Waals surface area contributed by atoms with E-state index in [0.29, 0.717) is 5.56 Å². The largest absolute Gasteiger partial charge is 0.358 e. The standard InChI is InChI=1S/C20H21N3O2/c1-3-14-8-10-15(11-9-14)20(25)23-22-19(24)12-17-13(2)21-18-7-5-4-6-16(17)18/h4-11,21H,3,12H2,1-2H3,(H,22,24)(H,23,25). The molecule has 2 amide bonds. The number of H-pyrrole nitrogens is 1. The van der Waals surface area contributed by atoms with Crippen LogP contribution in [0.4, 0.5) is 0 Å². The number of nitrogens with one attached hydrogen (secondary N) is 3. The lowest BCUT2D eigenvalue weighted by Gasteiger charge is -2.08. The molecule has 0 bridgehead atoms. The predicted molar refractivity (Wildman–Crippen MR) is 98.2 cm³/mol. The van der Waals surface area contributed by atoms with Crippen LogP contribution in [-0.2, 0) is 17.6 Å². The van der Waals surface area contributed by atoms with Crippen LogP contribution in [0.15, 0.2) is 48.5 Å². The molecule has 5 nitrogen and oxygen atoms in total. The zero-order valence-electron chi connectivity index (χ0n) is 14.3. The molecule has 0 aliphatic rings. The summed E-state index contributed by atoms with van der Waals surface area (Å²) in [7, 11) is 0. The molecule has 0 aliphatic carbocycles. The second kappa shape index (κ2) is 7.21. The minimum Gasteiger partial charge on any atom is -0.358 e. The molecule has 0 radical (unpaired) electrons. The van der Waals surface area contributed by atoms with Gasteiger partial charge in [0.1, 0.15) is 0 Å². The number of aromatic amines is 1. The van der Waals surface area contributed by atoms with E-state index in [1.54, 1.807) is 12.1 Å². The van der Waals surface area contributed by atoms with E-state index in [1.165, 1.54) is 0 Å². The lowest BCUT2D eigenvalue weighted by atomic mass is 10.1. The van der Waals surface area contributed by atoms with Crippen LogP contribution < -0.4 is 10.9 Å². The van der Waals surface area contributed by atoms with Crippen molar-refractivity contribution in [2.45, 2.75) is 26.7 Å². The van der Waals surface area contributed by atoms with E-state index in [9.17, 15) is 9.59 Å². The highest BCUT2D eigenvalue weighted by Gasteiger charge is 2.13. The van der Waals surface area contributed by atoms with E-state index in [-0.39, 0.29) is 18.2 Å². The van der Waals surface area contributed by atoms with Crippen LogP contribution in [0.5, 0.6) is 0 Å². The molecule has 0 atom stereocenters. The fraction of sp³-hybridized carbons (Fsp3) is 0.200. The van der Waals surface area contributed by atoms with Gasteiger partial charge < -0.3 is 4.98 Å². The third kappa shape index (κ3) is 3.71. The molecule has 2 aromatic carbocycles. The minimum atomic E-state index is -0.327. The molecule has 3 rings (SSSR count). The van der Waals surface area contributed by atoms with Gasteiger partial charge in [-0.2, -0.15) is 0 Å². The number of benzene rings is 2. The molecule has 0 aliphatic heterocycles. The number of fused-ring (bicyclic) bond motifs is 1. The molecule has 3 aromatic rings. The summed E-state index contributed by atoms with van der Waals surface area (Å²) in [6.45, 7) is 4.00. The van der Waals surface area contributed by atoms with Crippen LogP contribution in [-0.4, -0.2) is 16.8 Å². The Morgan fingerprint density at radius 1 is 1.00 bits per heavy atom. The molecule has 0 unspecified atom stereocenters. The van der Waals surface area contributed by atoms with Gasteiger partial charge >= 0.3 is 0 Å². The van der Waals surface area contributed by atoms with Crippen molar-refractivity contribution >= 4 is 22.7 Å². The van der Waals surface area contributed by atoms with Crippen molar-refractivity contribution in [2.75, 3.05) is 0 Å². The van der Waals surface area contributed by atoms with E-state index in [4.69, 9.17) is 0 Å². The lowest BCUT2D eigenvalue weighted by molar-refractivity contribution is -0.121. The number of carbonyl (C=O) groups excluding carboxylic acids is 2. The Balaban J connectivity index is 1.62. The SMILES string of the molecule is CCc1ccc(C(=O)NNC(=O)Cc2c(C)[nH]c3ccccc23)cc1. The maximum atomic E-state index is 12.2. The monoisotopic (exact) mass is 335 g/mol. The first-order valence-electron chi connectivity index (χ1n) is 8.32. The summed E-state index contributed by atoms with van der Waals surface area (Å²) in [6, 6.07) is 15.2. The molecule has 25 heavy (non-hydrogen) atoms. The zero-order valence-corrected chi connectivity index (χ0v) is 14.3. The van der Waals surface area contributed by atoms with Crippen LogP contribution in [0.1, 0.15) is 34.1 Å². The second-order valence-electron chi connectivity index (χ2n) is 6.00. The van der Waals surface area contributed by atoms with Gasteiger partial charge in [0.25, 0.3) is 5.91 Å². The van der Waals surface area contributed by atoms with Crippen molar-refractivity contribution in [3.8, 4) is 0 Å². The molecule has 3 N–H and O–H groups in total. The van der Waals surface area contributed by atoms with Crippen LogP contribution in [0, 0.1) is 6.92 Å². The summed E-state index contributed by atoms with van der Waals surface area (Å²) in [4.78, 5) is 27.6. The summed E-state index contributed by atoms with van der Waals surface area (Å²) in [5.74, 6) is -0.585. The van der Waals surface area contributed by atoms with Crippen LogP contribution in [0.3, 0.4) is 0 Å². The Kier molecular flexibility index (Phi) is 4.84. The number of hydrazine groups is 1. The quantitative estimate of drug-likeness (QED) is 0.641. The van der Waals surface area contributed by atoms with E-state index < -0.39 is 0 Å². The van der Waals surface area contributed by atoms with Gasteiger partial charge in [-0.1, -0.05) is 37.3 Å². The molecule has 1 aromatic heterocycles. The van der Waals surface area contributed by atoms with Crippen LogP contribution >= 0.6 is 0 Å². The van der Waals surface area contributed by atoms with Gasteiger partial charge in [-0.15, -0.1) is 0 Å². The highest BCUT2D eigenvalue weighted by Crippen LogP contribution is 2.22. The molecule has 0 spiro atoms.